The zero-order valence-electron chi connectivity index (χ0n) is 11.6. The van der Waals surface area contributed by atoms with Crippen LogP contribution < -0.4 is 0 Å². The molecule has 0 atom stereocenters. The van der Waals surface area contributed by atoms with E-state index in [9.17, 15) is 4.79 Å². The van der Waals surface area contributed by atoms with Crippen molar-refractivity contribution in [2.24, 2.45) is 0 Å². The number of benzene rings is 2. The average Bonchev–Trinajstić information content (AvgIpc) is 2.55. The van der Waals surface area contributed by atoms with Gasteiger partial charge in [0.2, 0.25) is 5.78 Å². The van der Waals surface area contributed by atoms with Crippen molar-refractivity contribution in [2.45, 2.75) is 0 Å². The van der Waals surface area contributed by atoms with Crippen LogP contribution >= 0.6 is 31.9 Å². The molecule has 3 rings (SSSR count). The molecule has 0 aliphatic heterocycles. The molecule has 2 aromatic rings. The molecule has 0 bridgehead atoms. The van der Waals surface area contributed by atoms with Gasteiger partial charge in [0, 0.05) is 0 Å². The molecular weight excluding hydrogens is 404 g/mol. The van der Waals surface area contributed by atoms with E-state index in [4.69, 9.17) is 0 Å². The summed E-state index contributed by atoms with van der Waals surface area (Å²) in [5.74, 6) is -0.0378. The van der Waals surface area contributed by atoms with E-state index >= 15 is 0 Å². The second kappa shape index (κ2) is 6.59. The molecule has 1 aliphatic carbocycles. The van der Waals surface area contributed by atoms with E-state index in [2.05, 4.69) is 56.1 Å². The smallest absolute Gasteiger partial charge is 0.206 e. The molecule has 0 unspecified atom stereocenters. The van der Waals surface area contributed by atoms with Crippen molar-refractivity contribution in [2.75, 3.05) is 0 Å². The highest BCUT2D eigenvalue weighted by Gasteiger charge is 2.19. The maximum absolute atomic E-state index is 11.9. The predicted octanol–water partition coefficient (Wildman–Crippen LogP) is 5.63. The molecule has 22 heavy (non-hydrogen) atoms. The zero-order chi connectivity index (χ0) is 15.5. The number of halogens is 2. The standard InChI is InChI=1S/C19H12Br2O/c20-16-11-15(12-17(21)19(16)22)18(13-7-3-1-4-8-13)14-9-5-2-6-10-14/h1-12H. The first-order chi connectivity index (χ1) is 10.7. The number of hydrogen-bond donors (Lipinski definition) is 0. The maximum atomic E-state index is 11.9. The van der Waals surface area contributed by atoms with Gasteiger partial charge in [0.1, 0.15) is 0 Å². The van der Waals surface area contributed by atoms with E-state index in [1.165, 1.54) is 0 Å². The number of Topliss-reactive ketones (excluding diaryl/α,β-unsaturated/α-hetero) is 1. The third-order valence-electron chi connectivity index (χ3n) is 3.41. The molecule has 0 spiro atoms. The van der Waals surface area contributed by atoms with Crippen LogP contribution in [0, 0.1) is 0 Å². The first-order valence-corrected chi connectivity index (χ1v) is 8.39. The van der Waals surface area contributed by atoms with Crippen molar-refractivity contribution in [3.05, 3.63) is 98.5 Å². The monoisotopic (exact) mass is 414 g/mol. The Morgan fingerprint density at radius 2 is 1.09 bits per heavy atom. The molecule has 0 N–H and O–H groups in total. The van der Waals surface area contributed by atoms with Crippen LogP contribution in [0.4, 0.5) is 0 Å². The number of rotatable bonds is 2. The molecular formula is C19H12Br2O. The average molecular weight is 416 g/mol. The van der Waals surface area contributed by atoms with Gasteiger partial charge in [-0.1, -0.05) is 60.7 Å². The quantitative estimate of drug-likeness (QED) is 0.621. The van der Waals surface area contributed by atoms with Gasteiger partial charge in [0.15, 0.2) is 0 Å². The third kappa shape index (κ3) is 3.06. The molecule has 0 amide bonds. The van der Waals surface area contributed by atoms with Gasteiger partial charge >= 0.3 is 0 Å². The van der Waals surface area contributed by atoms with Crippen LogP contribution in [-0.2, 0) is 4.79 Å². The molecule has 2 aromatic carbocycles. The maximum Gasteiger partial charge on any atom is 0.206 e. The van der Waals surface area contributed by atoms with E-state index in [1.54, 1.807) is 0 Å². The van der Waals surface area contributed by atoms with Crippen molar-refractivity contribution in [3.63, 3.8) is 0 Å². The predicted molar refractivity (Wildman–Crippen MR) is 97.9 cm³/mol. The molecule has 0 heterocycles. The second-order valence-electron chi connectivity index (χ2n) is 4.88. The fourth-order valence-electron chi connectivity index (χ4n) is 2.41. The number of allylic oxidation sites excluding steroid dienone is 5. The van der Waals surface area contributed by atoms with E-state index in [0.29, 0.717) is 8.96 Å². The summed E-state index contributed by atoms with van der Waals surface area (Å²) < 4.78 is 1.11. The van der Waals surface area contributed by atoms with Crippen LogP contribution in [0.2, 0.25) is 0 Å². The van der Waals surface area contributed by atoms with Crippen molar-refractivity contribution in [3.8, 4) is 0 Å². The summed E-state index contributed by atoms with van der Waals surface area (Å²) in [6.45, 7) is 0. The van der Waals surface area contributed by atoms with Crippen LogP contribution in [0.25, 0.3) is 5.57 Å². The molecule has 3 heteroatoms. The summed E-state index contributed by atoms with van der Waals surface area (Å²) in [5.41, 5.74) is 4.33. The fourth-order valence-corrected chi connectivity index (χ4v) is 3.60. The third-order valence-corrected chi connectivity index (χ3v) is 4.59. The Labute approximate surface area is 146 Å². The van der Waals surface area contributed by atoms with E-state index in [1.807, 2.05) is 48.6 Å². The fraction of sp³-hybridized carbons (Fsp3) is 0. The van der Waals surface area contributed by atoms with E-state index in [0.717, 1.165) is 22.3 Å². The number of carbonyl (C=O) groups excluding carboxylic acids is 1. The summed E-state index contributed by atoms with van der Waals surface area (Å²) >= 11 is 6.71. The topological polar surface area (TPSA) is 17.1 Å². The van der Waals surface area contributed by atoms with Crippen LogP contribution in [0.15, 0.2) is 87.4 Å². The zero-order valence-corrected chi connectivity index (χ0v) is 14.8. The van der Waals surface area contributed by atoms with Gasteiger partial charge < -0.3 is 0 Å². The Morgan fingerprint density at radius 3 is 1.50 bits per heavy atom. The van der Waals surface area contributed by atoms with Gasteiger partial charge in [0.25, 0.3) is 0 Å². The van der Waals surface area contributed by atoms with Gasteiger partial charge in [-0.3, -0.25) is 4.79 Å². The highest BCUT2D eigenvalue weighted by molar-refractivity contribution is 9.13. The normalized spacial score (nSPS) is 14.5. The lowest BCUT2D eigenvalue weighted by molar-refractivity contribution is -0.110. The minimum atomic E-state index is -0.0378. The van der Waals surface area contributed by atoms with Gasteiger partial charge in [-0.25, -0.2) is 0 Å². The Balaban J connectivity index is 2.27. The molecule has 1 nitrogen and oxygen atoms in total. The molecule has 0 aromatic heterocycles. The largest absolute Gasteiger partial charge is 0.287 e. The summed E-state index contributed by atoms with van der Waals surface area (Å²) in [6, 6.07) is 20.4. The Hall–Kier alpha value is -1.71. The van der Waals surface area contributed by atoms with E-state index in [-0.39, 0.29) is 5.78 Å². The first kappa shape index (κ1) is 15.2. The molecule has 108 valence electrons. The van der Waals surface area contributed by atoms with Crippen molar-refractivity contribution < 1.29 is 4.79 Å². The highest BCUT2D eigenvalue weighted by Crippen LogP contribution is 2.34. The summed E-state index contributed by atoms with van der Waals surface area (Å²) in [6.07, 6.45) is 3.75. The molecule has 0 fully saturated rings. The minimum Gasteiger partial charge on any atom is -0.287 e. The van der Waals surface area contributed by atoms with Gasteiger partial charge in [0.05, 0.1) is 8.96 Å². The van der Waals surface area contributed by atoms with Crippen molar-refractivity contribution in [1.29, 1.82) is 0 Å². The molecule has 0 radical (unpaired) electrons. The lowest BCUT2D eigenvalue weighted by Gasteiger charge is -2.15. The highest BCUT2D eigenvalue weighted by atomic mass is 79.9. The number of carbonyl (C=O) groups is 1. The van der Waals surface area contributed by atoms with Crippen LogP contribution in [-0.4, -0.2) is 5.78 Å². The molecule has 0 saturated carbocycles. The Bertz CT molecular complexity index is 734. The summed E-state index contributed by atoms with van der Waals surface area (Å²) in [7, 11) is 0. The van der Waals surface area contributed by atoms with Gasteiger partial charge in [-0.2, -0.15) is 0 Å². The molecule has 0 saturated heterocycles. The Morgan fingerprint density at radius 1 is 0.682 bits per heavy atom. The number of ketones is 1. The number of hydrogen-bond acceptors (Lipinski definition) is 1. The SMILES string of the molecule is O=C1C(Br)=CC(=C(c2ccccc2)c2ccccc2)C=C1Br. The lowest BCUT2D eigenvalue weighted by atomic mass is 9.91. The molecule has 1 aliphatic rings. The first-order valence-electron chi connectivity index (χ1n) is 6.81. The minimum absolute atomic E-state index is 0.0378. The summed E-state index contributed by atoms with van der Waals surface area (Å²) in [4.78, 5) is 11.9. The van der Waals surface area contributed by atoms with Crippen molar-refractivity contribution in [1.82, 2.24) is 0 Å². The second-order valence-corrected chi connectivity index (χ2v) is 6.58. The Kier molecular flexibility index (Phi) is 4.55. The summed E-state index contributed by atoms with van der Waals surface area (Å²) in [5, 5.41) is 0. The van der Waals surface area contributed by atoms with Crippen LogP contribution in [0.1, 0.15) is 11.1 Å². The lowest BCUT2D eigenvalue weighted by Crippen LogP contribution is -2.04. The van der Waals surface area contributed by atoms with E-state index < -0.39 is 0 Å². The van der Waals surface area contributed by atoms with Crippen LogP contribution in [0.3, 0.4) is 0 Å². The van der Waals surface area contributed by atoms with Crippen molar-refractivity contribution >= 4 is 43.2 Å². The van der Waals surface area contributed by atoms with Crippen LogP contribution in [0.5, 0.6) is 0 Å². The van der Waals surface area contributed by atoms with Gasteiger partial charge in [-0.15, -0.1) is 0 Å². The van der Waals surface area contributed by atoms with Gasteiger partial charge in [-0.05, 0) is 66.3 Å².